The van der Waals surface area contributed by atoms with Gasteiger partial charge >= 0.3 is 0 Å². The number of piperidine rings is 1. The maximum absolute atomic E-state index is 11.4. The van der Waals surface area contributed by atoms with Crippen molar-refractivity contribution in [1.82, 2.24) is 20.4 Å². The zero-order valence-corrected chi connectivity index (χ0v) is 20.7. The zero-order chi connectivity index (χ0) is 20.4. The van der Waals surface area contributed by atoms with Crippen LogP contribution >= 0.6 is 24.0 Å². The summed E-state index contributed by atoms with van der Waals surface area (Å²) in [5.74, 6) is 0.729. The molecule has 0 spiro atoms. The fourth-order valence-corrected chi connectivity index (χ4v) is 3.88. The Morgan fingerprint density at radius 1 is 1.24 bits per heavy atom. The predicted octanol–water partition coefficient (Wildman–Crippen LogP) is 0.858. The van der Waals surface area contributed by atoms with Crippen molar-refractivity contribution in [2.75, 3.05) is 65.6 Å². The Balaban J connectivity index is 0.00000420. The number of nitrogens with zero attached hydrogens (tertiary/aromatic N) is 3. The highest BCUT2D eigenvalue weighted by molar-refractivity contribution is 14.0. The third-order valence-corrected chi connectivity index (χ3v) is 5.69. The van der Waals surface area contributed by atoms with E-state index in [9.17, 15) is 4.79 Å². The van der Waals surface area contributed by atoms with Crippen LogP contribution in [0.4, 0.5) is 0 Å². The van der Waals surface area contributed by atoms with Crippen LogP contribution in [0.1, 0.15) is 40.0 Å². The van der Waals surface area contributed by atoms with Gasteiger partial charge in [0.2, 0.25) is 5.91 Å². The number of carbonyl (C=O) groups is 1. The Morgan fingerprint density at radius 2 is 1.97 bits per heavy atom. The van der Waals surface area contributed by atoms with Crippen LogP contribution < -0.4 is 16.4 Å². The van der Waals surface area contributed by atoms with Crippen molar-refractivity contribution < 1.29 is 9.53 Å². The summed E-state index contributed by atoms with van der Waals surface area (Å²) in [6.07, 6.45) is 3.00. The number of likely N-dealkylation sites (tertiary alicyclic amines) is 1. The van der Waals surface area contributed by atoms with E-state index in [2.05, 4.69) is 41.2 Å². The molecule has 2 aliphatic heterocycles. The average molecular weight is 524 g/mol. The number of primary amides is 1. The number of morpholine rings is 1. The predicted molar refractivity (Wildman–Crippen MR) is 129 cm³/mol. The summed E-state index contributed by atoms with van der Waals surface area (Å²) in [7, 11) is 0. The molecule has 0 aromatic rings. The molecule has 1 amide bonds. The molecule has 1 unspecified atom stereocenters. The minimum Gasteiger partial charge on any atom is -0.379 e. The third kappa shape index (κ3) is 9.35. The van der Waals surface area contributed by atoms with Gasteiger partial charge in [-0.25, -0.2) is 0 Å². The first kappa shape index (κ1) is 26.4. The number of nitrogens with two attached hydrogens (primary N) is 1. The van der Waals surface area contributed by atoms with Gasteiger partial charge < -0.3 is 26.0 Å². The minimum absolute atomic E-state index is 0. The first-order valence-corrected chi connectivity index (χ1v) is 10.8. The second kappa shape index (κ2) is 13.6. The lowest BCUT2D eigenvalue weighted by molar-refractivity contribution is -0.123. The van der Waals surface area contributed by atoms with Gasteiger partial charge in [0.15, 0.2) is 5.96 Å². The van der Waals surface area contributed by atoms with Gasteiger partial charge in [0, 0.05) is 38.3 Å². The smallest absolute Gasteiger partial charge is 0.221 e. The zero-order valence-electron chi connectivity index (χ0n) is 18.4. The van der Waals surface area contributed by atoms with Crippen molar-refractivity contribution in [3.8, 4) is 0 Å². The lowest BCUT2D eigenvalue weighted by Gasteiger charge is -2.39. The number of hydrogen-bond donors (Lipinski definition) is 3. The van der Waals surface area contributed by atoms with Crippen molar-refractivity contribution in [2.45, 2.75) is 45.6 Å². The molecule has 2 saturated heterocycles. The number of ether oxygens (including phenoxy) is 1. The molecule has 0 radical (unpaired) electrons. The molecule has 9 heteroatoms. The summed E-state index contributed by atoms with van der Waals surface area (Å²) in [6, 6.07) is 0. The number of hydrogen-bond acceptors (Lipinski definition) is 5. The monoisotopic (exact) mass is 524 g/mol. The molecule has 2 heterocycles. The van der Waals surface area contributed by atoms with Gasteiger partial charge in [0.1, 0.15) is 0 Å². The molecule has 2 rings (SSSR count). The van der Waals surface area contributed by atoms with Crippen LogP contribution in [-0.2, 0) is 9.53 Å². The van der Waals surface area contributed by atoms with E-state index >= 15 is 0 Å². The molecular formula is C20H41IN6O2. The van der Waals surface area contributed by atoms with E-state index in [1.54, 1.807) is 0 Å². The Morgan fingerprint density at radius 3 is 2.62 bits per heavy atom. The third-order valence-electron chi connectivity index (χ3n) is 5.69. The van der Waals surface area contributed by atoms with Crippen LogP contribution in [0.2, 0.25) is 0 Å². The second-order valence-corrected chi connectivity index (χ2v) is 8.43. The summed E-state index contributed by atoms with van der Waals surface area (Å²) >= 11 is 0. The van der Waals surface area contributed by atoms with Gasteiger partial charge in [-0.15, -0.1) is 24.0 Å². The molecule has 0 aromatic heterocycles. The van der Waals surface area contributed by atoms with Crippen molar-refractivity contribution in [3.63, 3.8) is 0 Å². The molecule has 170 valence electrons. The van der Waals surface area contributed by atoms with E-state index in [4.69, 9.17) is 15.5 Å². The first-order valence-electron chi connectivity index (χ1n) is 10.8. The van der Waals surface area contributed by atoms with Crippen LogP contribution in [0.5, 0.6) is 0 Å². The molecule has 29 heavy (non-hydrogen) atoms. The number of guanidine groups is 1. The summed E-state index contributed by atoms with van der Waals surface area (Å²) < 4.78 is 5.46. The Hall–Kier alpha value is -0.650. The standard InChI is InChI=1S/C20H40N6O2.HI/c1-4-22-19(24-16-20(2,3)26-11-13-28-14-12-26)23-8-6-10-25-9-5-7-17(15-25)18(21)27;/h17H,4-16H2,1-3H3,(H2,21,27)(H2,22,23,24);1H. The molecule has 2 fully saturated rings. The largest absolute Gasteiger partial charge is 0.379 e. The van der Waals surface area contributed by atoms with Crippen LogP contribution in [0.3, 0.4) is 0 Å². The molecule has 8 nitrogen and oxygen atoms in total. The van der Waals surface area contributed by atoms with E-state index in [1.807, 2.05) is 0 Å². The topological polar surface area (TPSA) is 95.2 Å². The molecule has 0 aliphatic carbocycles. The number of carbonyl (C=O) groups excluding carboxylic acids is 1. The maximum Gasteiger partial charge on any atom is 0.221 e. The van der Waals surface area contributed by atoms with Gasteiger partial charge in [0.05, 0.1) is 25.7 Å². The quantitative estimate of drug-likeness (QED) is 0.179. The van der Waals surface area contributed by atoms with Crippen LogP contribution in [0.15, 0.2) is 4.99 Å². The van der Waals surface area contributed by atoms with Gasteiger partial charge in [-0.1, -0.05) is 0 Å². The van der Waals surface area contributed by atoms with Gasteiger partial charge in [-0.05, 0) is 53.1 Å². The van der Waals surface area contributed by atoms with Crippen molar-refractivity contribution in [2.24, 2.45) is 16.6 Å². The fraction of sp³-hybridized carbons (Fsp3) is 0.900. The lowest BCUT2D eigenvalue weighted by atomic mass is 9.97. The summed E-state index contributed by atoms with van der Waals surface area (Å²) in [4.78, 5) is 21.0. The van der Waals surface area contributed by atoms with E-state index in [1.165, 1.54) is 0 Å². The minimum atomic E-state index is -0.160. The summed E-state index contributed by atoms with van der Waals surface area (Å²) in [5.41, 5.74) is 5.48. The van der Waals surface area contributed by atoms with E-state index in [0.29, 0.717) is 0 Å². The Labute approximate surface area is 193 Å². The van der Waals surface area contributed by atoms with Gasteiger partial charge in [-0.2, -0.15) is 0 Å². The summed E-state index contributed by atoms with van der Waals surface area (Å²) in [5, 5.41) is 6.79. The molecule has 4 N–H and O–H groups in total. The SMILES string of the molecule is CCNC(=NCC(C)(C)N1CCOCC1)NCCCN1CCCC(C(N)=O)C1.I. The number of aliphatic imine (C=N–C) groups is 1. The number of halogens is 1. The number of amides is 1. The number of nitrogens with one attached hydrogen (secondary N) is 2. The van der Waals surface area contributed by atoms with Crippen LogP contribution in [0, 0.1) is 5.92 Å². The van der Waals surface area contributed by atoms with Crippen LogP contribution in [-0.4, -0.2) is 92.8 Å². The van der Waals surface area contributed by atoms with Crippen LogP contribution in [0.25, 0.3) is 0 Å². The highest BCUT2D eigenvalue weighted by Gasteiger charge is 2.28. The molecule has 0 aromatic carbocycles. The average Bonchev–Trinajstić information content (AvgIpc) is 2.70. The van der Waals surface area contributed by atoms with Gasteiger partial charge in [0.25, 0.3) is 0 Å². The molecular weight excluding hydrogens is 483 g/mol. The van der Waals surface area contributed by atoms with E-state index in [-0.39, 0.29) is 41.3 Å². The first-order chi connectivity index (χ1) is 13.4. The maximum atomic E-state index is 11.4. The highest BCUT2D eigenvalue weighted by Crippen LogP contribution is 2.17. The molecule has 0 saturated carbocycles. The lowest BCUT2D eigenvalue weighted by Crippen LogP contribution is -2.52. The van der Waals surface area contributed by atoms with Gasteiger partial charge in [-0.3, -0.25) is 14.7 Å². The molecule has 2 aliphatic rings. The van der Waals surface area contributed by atoms with Crippen molar-refractivity contribution >= 4 is 35.8 Å². The Kier molecular flexibility index (Phi) is 12.4. The Bertz CT molecular complexity index is 511. The molecule has 1 atom stereocenters. The fourth-order valence-electron chi connectivity index (χ4n) is 3.88. The van der Waals surface area contributed by atoms with E-state index < -0.39 is 0 Å². The number of rotatable bonds is 9. The second-order valence-electron chi connectivity index (χ2n) is 8.43. The van der Waals surface area contributed by atoms with E-state index in [0.717, 1.165) is 90.8 Å². The summed E-state index contributed by atoms with van der Waals surface area (Å²) in [6.45, 7) is 15.4. The van der Waals surface area contributed by atoms with Crippen molar-refractivity contribution in [1.29, 1.82) is 0 Å². The van der Waals surface area contributed by atoms with Crippen molar-refractivity contribution in [3.05, 3.63) is 0 Å². The highest BCUT2D eigenvalue weighted by atomic mass is 127. The normalized spacial score (nSPS) is 22.0. The molecule has 0 bridgehead atoms.